The largest absolute Gasteiger partial charge is 0.480 e. The van der Waals surface area contributed by atoms with Gasteiger partial charge in [-0.2, -0.15) is 11.8 Å². The van der Waals surface area contributed by atoms with E-state index in [0.29, 0.717) is 11.4 Å². The molecule has 0 aliphatic heterocycles. The second-order valence-corrected chi connectivity index (χ2v) is 9.87. The minimum atomic E-state index is -1.18. The topological polar surface area (TPSA) is 222 Å². The molecule has 0 bridgehead atoms. The van der Waals surface area contributed by atoms with Crippen molar-refractivity contribution in [3.8, 4) is 0 Å². The van der Waals surface area contributed by atoms with Gasteiger partial charge in [-0.05, 0) is 30.4 Å². The van der Waals surface area contributed by atoms with Crippen molar-refractivity contribution in [2.75, 3.05) is 12.0 Å². The number of thioether (sulfide) groups is 1. The molecule has 0 fully saturated rings. The summed E-state index contributed by atoms with van der Waals surface area (Å²) in [4.78, 5) is 68.9. The number of carbonyl (C=O) groups excluding carboxylic acids is 4. The third-order valence-electron chi connectivity index (χ3n) is 5.79. The number of primary amides is 1. The first kappa shape index (κ1) is 31.3. The van der Waals surface area contributed by atoms with Crippen LogP contribution in [0.2, 0.25) is 0 Å². The zero-order chi connectivity index (χ0) is 28.8. The van der Waals surface area contributed by atoms with Crippen LogP contribution in [0.25, 0.3) is 0 Å². The predicted molar refractivity (Wildman–Crippen MR) is 145 cm³/mol. The van der Waals surface area contributed by atoms with E-state index in [0.717, 1.165) is 5.56 Å². The molecule has 1 heterocycles. The lowest BCUT2D eigenvalue weighted by Crippen LogP contribution is -2.58. The maximum absolute atomic E-state index is 13.4. The fourth-order valence-electron chi connectivity index (χ4n) is 3.63. The van der Waals surface area contributed by atoms with E-state index in [1.165, 1.54) is 24.3 Å². The van der Waals surface area contributed by atoms with Crippen molar-refractivity contribution in [3.63, 3.8) is 0 Å². The number of hydrogen-bond acceptors (Lipinski definition) is 8. The van der Waals surface area contributed by atoms with Crippen LogP contribution in [0.4, 0.5) is 0 Å². The molecule has 0 aliphatic carbocycles. The highest BCUT2D eigenvalue weighted by Gasteiger charge is 2.31. The van der Waals surface area contributed by atoms with Crippen LogP contribution in [0.3, 0.4) is 0 Å². The van der Waals surface area contributed by atoms with Gasteiger partial charge in [0.15, 0.2) is 0 Å². The second kappa shape index (κ2) is 16.1. The van der Waals surface area contributed by atoms with Crippen LogP contribution in [0.1, 0.15) is 30.5 Å². The van der Waals surface area contributed by atoms with Crippen LogP contribution < -0.4 is 27.4 Å². The zero-order valence-corrected chi connectivity index (χ0v) is 22.4. The van der Waals surface area contributed by atoms with E-state index in [4.69, 9.17) is 11.5 Å². The summed E-state index contributed by atoms with van der Waals surface area (Å²) in [6, 6.07) is 4.38. The van der Waals surface area contributed by atoms with Crippen LogP contribution in [0.15, 0.2) is 42.9 Å². The summed E-state index contributed by atoms with van der Waals surface area (Å²) in [7, 11) is 0. The van der Waals surface area contributed by atoms with E-state index in [2.05, 4.69) is 25.9 Å². The third-order valence-corrected chi connectivity index (χ3v) is 6.44. The number of amides is 4. The normalized spacial score (nSPS) is 13.9. The summed E-state index contributed by atoms with van der Waals surface area (Å²) in [6.07, 6.45) is 4.90. The lowest BCUT2D eigenvalue weighted by Gasteiger charge is -2.25. The van der Waals surface area contributed by atoms with Gasteiger partial charge in [-0.1, -0.05) is 30.3 Å². The SMILES string of the molecule is CSCCC(NC(=O)C(Cc1ccccc1)NC(=O)C(Cc1cnc[nH]1)NC(=O)C(N)CCC(N)=O)C(=O)O. The number of aromatic amines is 1. The summed E-state index contributed by atoms with van der Waals surface area (Å²) in [5, 5.41) is 17.3. The van der Waals surface area contributed by atoms with E-state index in [-0.39, 0.29) is 32.1 Å². The Balaban J connectivity index is 2.24. The highest BCUT2D eigenvalue weighted by molar-refractivity contribution is 7.98. The molecule has 0 saturated carbocycles. The molecule has 2 aromatic rings. The molecule has 0 saturated heterocycles. The molecule has 13 nitrogen and oxygen atoms in total. The Morgan fingerprint density at radius 1 is 0.949 bits per heavy atom. The minimum Gasteiger partial charge on any atom is -0.480 e. The Hall–Kier alpha value is -3.91. The molecule has 0 aliphatic rings. The molecule has 14 heteroatoms. The Morgan fingerprint density at radius 2 is 1.56 bits per heavy atom. The van der Waals surface area contributed by atoms with Crippen LogP contribution in [-0.2, 0) is 36.8 Å². The number of rotatable bonds is 17. The summed E-state index contributed by atoms with van der Waals surface area (Å²) in [5.74, 6) is -3.32. The lowest BCUT2D eigenvalue weighted by atomic mass is 10.0. The Labute approximate surface area is 230 Å². The third kappa shape index (κ3) is 11.2. The maximum Gasteiger partial charge on any atom is 0.326 e. The number of nitrogens with zero attached hydrogens (tertiary/aromatic N) is 1. The molecule has 39 heavy (non-hydrogen) atoms. The quantitative estimate of drug-likeness (QED) is 0.127. The van der Waals surface area contributed by atoms with Gasteiger partial charge >= 0.3 is 5.97 Å². The number of carboxylic acids is 1. The number of benzene rings is 1. The summed E-state index contributed by atoms with van der Waals surface area (Å²) < 4.78 is 0. The maximum atomic E-state index is 13.4. The van der Waals surface area contributed by atoms with E-state index < -0.39 is 53.8 Å². The van der Waals surface area contributed by atoms with Gasteiger partial charge in [0.1, 0.15) is 18.1 Å². The van der Waals surface area contributed by atoms with Gasteiger partial charge in [-0.15, -0.1) is 0 Å². The molecule has 0 radical (unpaired) electrons. The van der Waals surface area contributed by atoms with Gasteiger partial charge < -0.3 is 37.5 Å². The highest BCUT2D eigenvalue weighted by Crippen LogP contribution is 2.08. The van der Waals surface area contributed by atoms with Crippen molar-refractivity contribution in [3.05, 3.63) is 54.1 Å². The number of H-pyrrole nitrogens is 1. The fourth-order valence-corrected chi connectivity index (χ4v) is 4.10. The second-order valence-electron chi connectivity index (χ2n) is 8.89. The summed E-state index contributed by atoms with van der Waals surface area (Å²) in [5.41, 5.74) is 12.3. The van der Waals surface area contributed by atoms with Gasteiger partial charge in [0, 0.05) is 31.2 Å². The molecular weight excluding hydrogens is 526 g/mol. The molecule has 4 amide bonds. The molecule has 2 rings (SSSR count). The minimum absolute atomic E-state index is 0.00522. The van der Waals surface area contributed by atoms with Crippen LogP contribution in [-0.4, -0.2) is 80.8 Å². The van der Waals surface area contributed by atoms with Crippen molar-refractivity contribution in [2.45, 2.75) is 56.3 Å². The van der Waals surface area contributed by atoms with Crippen molar-refractivity contribution in [1.29, 1.82) is 0 Å². The van der Waals surface area contributed by atoms with Gasteiger partial charge in [-0.25, -0.2) is 9.78 Å². The first-order valence-electron chi connectivity index (χ1n) is 12.3. The molecule has 4 unspecified atom stereocenters. The van der Waals surface area contributed by atoms with Crippen LogP contribution in [0.5, 0.6) is 0 Å². The van der Waals surface area contributed by atoms with Crippen molar-refractivity contribution < 1.29 is 29.1 Å². The molecule has 1 aromatic heterocycles. The Bertz CT molecular complexity index is 1100. The van der Waals surface area contributed by atoms with Crippen LogP contribution in [0, 0.1) is 0 Å². The van der Waals surface area contributed by atoms with E-state index in [9.17, 15) is 29.1 Å². The van der Waals surface area contributed by atoms with Crippen molar-refractivity contribution in [2.24, 2.45) is 11.5 Å². The summed E-state index contributed by atoms with van der Waals surface area (Å²) >= 11 is 1.45. The smallest absolute Gasteiger partial charge is 0.326 e. The number of nitrogens with two attached hydrogens (primary N) is 2. The predicted octanol–water partition coefficient (Wildman–Crippen LogP) is -0.920. The number of carboxylic acid groups (broad SMARTS) is 1. The standard InChI is InChI=1S/C25H35N7O6S/c1-39-10-9-18(25(37)38)30-23(35)19(11-15-5-3-2-4-6-15)32-24(36)20(12-16-13-28-14-29-16)31-22(34)17(26)7-8-21(27)33/h2-6,13-14,17-20H,7-12,26H2,1H3,(H2,27,33)(H,28,29)(H,30,35)(H,31,34)(H,32,36)(H,37,38). The number of carbonyl (C=O) groups is 5. The van der Waals surface area contributed by atoms with Gasteiger partial charge in [0.2, 0.25) is 23.6 Å². The average Bonchev–Trinajstić information content (AvgIpc) is 3.42. The number of aromatic nitrogens is 2. The number of nitrogens with one attached hydrogen (secondary N) is 4. The molecule has 4 atom stereocenters. The highest BCUT2D eigenvalue weighted by atomic mass is 32.2. The Kier molecular flexibility index (Phi) is 13.0. The van der Waals surface area contributed by atoms with Gasteiger partial charge in [-0.3, -0.25) is 19.2 Å². The molecule has 0 spiro atoms. The summed E-state index contributed by atoms with van der Waals surface area (Å²) in [6.45, 7) is 0. The Morgan fingerprint density at radius 3 is 2.13 bits per heavy atom. The van der Waals surface area contributed by atoms with Crippen LogP contribution >= 0.6 is 11.8 Å². The van der Waals surface area contributed by atoms with Crippen molar-refractivity contribution >= 4 is 41.4 Å². The number of imidazole rings is 1. The monoisotopic (exact) mass is 561 g/mol. The molecule has 212 valence electrons. The zero-order valence-electron chi connectivity index (χ0n) is 21.6. The molecule has 9 N–H and O–H groups in total. The first-order valence-corrected chi connectivity index (χ1v) is 13.7. The lowest BCUT2D eigenvalue weighted by molar-refractivity contribution is -0.142. The molecule has 1 aromatic carbocycles. The number of aliphatic carboxylic acids is 1. The van der Waals surface area contributed by atoms with Crippen molar-refractivity contribution in [1.82, 2.24) is 25.9 Å². The van der Waals surface area contributed by atoms with E-state index >= 15 is 0 Å². The van der Waals surface area contributed by atoms with E-state index in [1.54, 1.807) is 30.3 Å². The fraction of sp³-hybridized carbons (Fsp3) is 0.440. The van der Waals surface area contributed by atoms with Gasteiger partial charge in [0.25, 0.3) is 0 Å². The first-order chi connectivity index (χ1) is 18.6. The average molecular weight is 562 g/mol. The molecular formula is C25H35N7O6S. The van der Waals surface area contributed by atoms with Gasteiger partial charge in [0.05, 0.1) is 12.4 Å². The van der Waals surface area contributed by atoms with E-state index in [1.807, 2.05) is 6.26 Å². The number of hydrogen-bond donors (Lipinski definition) is 7.